The average molecular weight is 271 g/mol. The molecule has 0 bridgehead atoms. The number of nitrogens with zero attached hydrogens (tertiary/aromatic N) is 4. The van der Waals surface area contributed by atoms with E-state index >= 15 is 0 Å². The Morgan fingerprint density at radius 3 is 2.83 bits per heavy atom. The number of hydrogen-bond donors (Lipinski definition) is 0. The molecule has 1 aliphatic heterocycles. The lowest BCUT2D eigenvalue weighted by Gasteiger charge is -2.26. The fourth-order valence-corrected chi connectivity index (χ4v) is 1.67. The van der Waals surface area contributed by atoms with Gasteiger partial charge in [0.25, 0.3) is 0 Å². The third-order valence-electron chi connectivity index (χ3n) is 2.42. The van der Waals surface area contributed by atoms with Crippen molar-refractivity contribution in [2.45, 2.75) is 6.42 Å². The minimum absolute atomic E-state index is 0.139. The van der Waals surface area contributed by atoms with E-state index in [2.05, 4.69) is 21.5 Å². The molecule has 1 saturated heterocycles. The normalized spacial score (nSPS) is 15.5. The van der Waals surface area contributed by atoms with Gasteiger partial charge in [-0.25, -0.2) is 0 Å². The summed E-state index contributed by atoms with van der Waals surface area (Å²) in [5.41, 5.74) is 0. The highest BCUT2D eigenvalue weighted by Gasteiger charge is 2.16. The van der Waals surface area contributed by atoms with Crippen LogP contribution in [0.2, 0.25) is 5.28 Å². The van der Waals surface area contributed by atoms with Crippen LogP contribution >= 0.6 is 11.6 Å². The number of halogens is 1. The molecule has 2 heterocycles. The number of anilines is 1. The van der Waals surface area contributed by atoms with Gasteiger partial charge in [-0.05, 0) is 18.0 Å². The van der Waals surface area contributed by atoms with Gasteiger partial charge in [0.1, 0.15) is 0 Å². The van der Waals surface area contributed by atoms with Crippen LogP contribution in [0.5, 0.6) is 6.01 Å². The molecule has 7 heteroatoms. The Hall–Kier alpha value is -1.40. The van der Waals surface area contributed by atoms with Gasteiger partial charge in [-0.2, -0.15) is 15.0 Å². The Kier molecular flexibility index (Phi) is 4.72. The summed E-state index contributed by atoms with van der Waals surface area (Å²) in [5, 5.41) is 0.139. The van der Waals surface area contributed by atoms with Gasteiger partial charge in [0.15, 0.2) is 0 Å². The van der Waals surface area contributed by atoms with Crippen LogP contribution in [0.15, 0.2) is 12.7 Å². The smallest absolute Gasteiger partial charge is 0.322 e. The molecule has 0 N–H and O–H groups in total. The lowest BCUT2D eigenvalue weighted by molar-refractivity contribution is 0.122. The first kappa shape index (κ1) is 13.0. The summed E-state index contributed by atoms with van der Waals surface area (Å²) >= 11 is 5.86. The van der Waals surface area contributed by atoms with Crippen LogP contribution in [-0.4, -0.2) is 47.9 Å². The van der Waals surface area contributed by atoms with Crippen LogP contribution in [-0.2, 0) is 4.74 Å². The number of ether oxygens (including phenoxy) is 2. The zero-order valence-corrected chi connectivity index (χ0v) is 10.8. The molecule has 6 nitrogen and oxygen atoms in total. The molecule has 18 heavy (non-hydrogen) atoms. The second kappa shape index (κ2) is 6.51. The van der Waals surface area contributed by atoms with Gasteiger partial charge in [0, 0.05) is 13.1 Å². The third-order valence-corrected chi connectivity index (χ3v) is 2.59. The SMILES string of the molecule is C=CCCOc1nc(Cl)nc(N2CCOCC2)n1. The predicted molar refractivity (Wildman–Crippen MR) is 68.2 cm³/mol. The fourth-order valence-electron chi connectivity index (χ4n) is 1.52. The minimum atomic E-state index is 0.139. The molecule has 0 aliphatic carbocycles. The van der Waals surface area contributed by atoms with Gasteiger partial charge in [-0.1, -0.05) is 6.08 Å². The molecular formula is C11H15ClN4O2. The molecule has 98 valence electrons. The second-order valence-corrected chi connectivity index (χ2v) is 4.05. The molecule has 0 saturated carbocycles. The summed E-state index contributed by atoms with van der Waals surface area (Å²) in [4.78, 5) is 14.3. The molecule has 0 radical (unpaired) electrons. The molecule has 0 unspecified atom stereocenters. The summed E-state index contributed by atoms with van der Waals surface area (Å²) in [6.07, 6.45) is 2.50. The first-order chi connectivity index (χ1) is 8.79. The maximum absolute atomic E-state index is 5.86. The predicted octanol–water partition coefficient (Wildman–Crippen LogP) is 1.32. The Morgan fingerprint density at radius 1 is 1.33 bits per heavy atom. The summed E-state index contributed by atoms with van der Waals surface area (Å²) in [5.74, 6) is 0.534. The minimum Gasteiger partial charge on any atom is -0.463 e. The number of morpholine rings is 1. The molecule has 0 atom stereocenters. The van der Waals surface area contributed by atoms with Crippen LogP contribution < -0.4 is 9.64 Å². The van der Waals surface area contributed by atoms with E-state index in [1.165, 1.54) is 0 Å². The lowest BCUT2D eigenvalue weighted by atomic mass is 10.4. The van der Waals surface area contributed by atoms with Gasteiger partial charge in [0.2, 0.25) is 11.2 Å². The van der Waals surface area contributed by atoms with E-state index < -0.39 is 0 Å². The van der Waals surface area contributed by atoms with E-state index in [1.807, 2.05) is 4.90 Å². The van der Waals surface area contributed by atoms with Crippen LogP contribution in [0.4, 0.5) is 5.95 Å². The molecule has 2 rings (SSSR count). The van der Waals surface area contributed by atoms with Crippen LogP contribution in [0.3, 0.4) is 0 Å². The van der Waals surface area contributed by atoms with Crippen molar-refractivity contribution in [3.8, 4) is 6.01 Å². The van der Waals surface area contributed by atoms with Crippen molar-refractivity contribution in [1.82, 2.24) is 15.0 Å². The van der Waals surface area contributed by atoms with Gasteiger partial charge in [0.05, 0.1) is 19.8 Å². The van der Waals surface area contributed by atoms with E-state index in [1.54, 1.807) is 6.08 Å². The molecule has 1 aromatic rings. The molecule has 0 aromatic carbocycles. The Balaban J connectivity index is 2.07. The van der Waals surface area contributed by atoms with Crippen molar-refractivity contribution in [2.75, 3.05) is 37.8 Å². The molecular weight excluding hydrogens is 256 g/mol. The Morgan fingerprint density at radius 2 is 2.11 bits per heavy atom. The van der Waals surface area contributed by atoms with E-state index in [9.17, 15) is 0 Å². The van der Waals surface area contributed by atoms with Gasteiger partial charge < -0.3 is 14.4 Å². The van der Waals surface area contributed by atoms with Crippen molar-refractivity contribution in [3.63, 3.8) is 0 Å². The fraction of sp³-hybridized carbons (Fsp3) is 0.545. The number of aromatic nitrogens is 3. The zero-order valence-electron chi connectivity index (χ0n) is 10.0. The highest BCUT2D eigenvalue weighted by molar-refractivity contribution is 6.28. The summed E-state index contributed by atoms with van der Waals surface area (Å²) in [6.45, 7) is 6.91. The summed E-state index contributed by atoms with van der Waals surface area (Å²) in [7, 11) is 0. The molecule has 0 amide bonds. The van der Waals surface area contributed by atoms with Crippen molar-refractivity contribution in [2.24, 2.45) is 0 Å². The van der Waals surface area contributed by atoms with Crippen LogP contribution in [0.25, 0.3) is 0 Å². The average Bonchev–Trinajstić information content (AvgIpc) is 2.39. The Bertz CT molecular complexity index is 410. The standard InChI is InChI=1S/C11H15ClN4O2/c1-2-3-6-18-11-14-9(12)13-10(15-11)16-4-7-17-8-5-16/h2H,1,3-8H2. The molecule has 1 aliphatic rings. The maximum Gasteiger partial charge on any atom is 0.322 e. The Labute approximate surface area is 111 Å². The third kappa shape index (κ3) is 3.54. The van der Waals surface area contributed by atoms with Gasteiger partial charge in [-0.3, -0.25) is 0 Å². The summed E-state index contributed by atoms with van der Waals surface area (Å²) < 4.78 is 10.7. The van der Waals surface area contributed by atoms with E-state index in [0.29, 0.717) is 25.8 Å². The van der Waals surface area contributed by atoms with E-state index in [-0.39, 0.29) is 11.3 Å². The highest BCUT2D eigenvalue weighted by atomic mass is 35.5. The zero-order chi connectivity index (χ0) is 12.8. The quantitative estimate of drug-likeness (QED) is 0.594. The highest BCUT2D eigenvalue weighted by Crippen LogP contribution is 2.16. The maximum atomic E-state index is 5.86. The van der Waals surface area contributed by atoms with Crippen LogP contribution in [0.1, 0.15) is 6.42 Å². The first-order valence-corrected chi connectivity index (χ1v) is 6.15. The second-order valence-electron chi connectivity index (χ2n) is 3.71. The monoisotopic (exact) mass is 270 g/mol. The summed E-state index contributed by atoms with van der Waals surface area (Å²) in [6, 6.07) is 0.248. The molecule has 1 aromatic heterocycles. The first-order valence-electron chi connectivity index (χ1n) is 5.77. The van der Waals surface area contributed by atoms with Gasteiger partial charge >= 0.3 is 6.01 Å². The molecule has 1 fully saturated rings. The van der Waals surface area contributed by atoms with Crippen molar-refractivity contribution >= 4 is 17.5 Å². The van der Waals surface area contributed by atoms with Crippen molar-refractivity contribution in [3.05, 3.63) is 17.9 Å². The lowest BCUT2D eigenvalue weighted by Crippen LogP contribution is -2.37. The van der Waals surface area contributed by atoms with Crippen LogP contribution in [0, 0.1) is 0 Å². The van der Waals surface area contributed by atoms with Gasteiger partial charge in [-0.15, -0.1) is 6.58 Å². The topological polar surface area (TPSA) is 60.4 Å². The number of rotatable bonds is 5. The van der Waals surface area contributed by atoms with Crippen molar-refractivity contribution < 1.29 is 9.47 Å². The number of hydrogen-bond acceptors (Lipinski definition) is 6. The van der Waals surface area contributed by atoms with E-state index in [4.69, 9.17) is 21.1 Å². The largest absolute Gasteiger partial charge is 0.463 e. The van der Waals surface area contributed by atoms with E-state index in [0.717, 1.165) is 19.5 Å². The molecule has 0 spiro atoms. The van der Waals surface area contributed by atoms with Crippen molar-refractivity contribution in [1.29, 1.82) is 0 Å².